The Hall–Kier alpha value is -2.64. The van der Waals surface area contributed by atoms with Crippen LogP contribution < -0.4 is 0 Å². The first-order chi connectivity index (χ1) is 12.7. The summed E-state index contributed by atoms with van der Waals surface area (Å²) in [6, 6.07) is 15.8. The monoisotopic (exact) mass is 355 g/mol. The molecule has 1 saturated carbocycles. The van der Waals surface area contributed by atoms with E-state index in [1.807, 2.05) is 36.4 Å². The van der Waals surface area contributed by atoms with Gasteiger partial charge in [0, 0.05) is 22.6 Å². The third-order valence-electron chi connectivity index (χ3n) is 4.71. The molecule has 128 valence electrons. The zero-order valence-electron chi connectivity index (χ0n) is 15.0. The van der Waals surface area contributed by atoms with Crippen molar-refractivity contribution in [1.29, 1.82) is 0 Å². The second kappa shape index (κ2) is 9.17. The molecule has 0 aliphatic heterocycles. The fraction of sp³-hybridized carbons (Fsp3) is 0.292. The Bertz CT molecular complexity index is 903. The zero-order chi connectivity index (χ0) is 18.2. The van der Waals surface area contributed by atoms with Crippen molar-refractivity contribution in [2.24, 2.45) is 16.8 Å². The lowest BCUT2D eigenvalue weighted by Crippen LogP contribution is -2.10. The smallest absolute Gasteiger partial charge is 0.0740 e. The quantitative estimate of drug-likeness (QED) is 0.347. The van der Waals surface area contributed by atoms with E-state index < -0.39 is 0 Å². The molecule has 0 N–H and O–H groups in total. The normalized spacial score (nSPS) is 18.5. The van der Waals surface area contributed by atoms with Crippen molar-refractivity contribution >= 4 is 23.1 Å². The van der Waals surface area contributed by atoms with Crippen LogP contribution in [-0.4, -0.2) is 5.16 Å². The van der Waals surface area contributed by atoms with Crippen molar-refractivity contribution in [3.63, 3.8) is 0 Å². The van der Waals surface area contributed by atoms with Gasteiger partial charge in [0.1, 0.15) is 0 Å². The maximum absolute atomic E-state index is 4.60. The summed E-state index contributed by atoms with van der Waals surface area (Å²) in [4.78, 5) is 3.93. The Labute approximate surface area is 161 Å². The fourth-order valence-electron chi connectivity index (χ4n) is 3.04. The molecule has 1 nitrogen and oxygen atoms in total. The lowest BCUT2D eigenvalue weighted by Gasteiger charge is -2.21. The Morgan fingerprint density at radius 3 is 1.81 bits per heavy atom. The highest BCUT2D eigenvalue weighted by Gasteiger charge is 2.15. The number of aliphatic imine (C=N–C) groups is 1. The lowest BCUT2D eigenvalue weighted by atomic mass is 9.83. The third-order valence-corrected chi connectivity index (χ3v) is 4.81. The summed E-state index contributed by atoms with van der Waals surface area (Å²) in [6.45, 7) is 2.34. The summed E-state index contributed by atoms with van der Waals surface area (Å²) in [6.07, 6.45) is 5.11. The fourth-order valence-corrected chi connectivity index (χ4v) is 3.15. The minimum atomic E-state index is 0.566. The molecular formula is C24H21NS. The molecule has 0 saturated heterocycles. The maximum Gasteiger partial charge on any atom is 0.0740 e. The minimum absolute atomic E-state index is 0.566. The number of hydrogen-bond donors (Lipinski definition) is 0. The van der Waals surface area contributed by atoms with Crippen molar-refractivity contribution in [3.8, 4) is 23.7 Å². The second-order valence-electron chi connectivity index (χ2n) is 6.80. The molecular weight excluding hydrogens is 334 g/mol. The predicted molar refractivity (Wildman–Crippen MR) is 112 cm³/mol. The predicted octanol–water partition coefficient (Wildman–Crippen LogP) is 6.00. The van der Waals surface area contributed by atoms with Gasteiger partial charge in [-0.1, -0.05) is 30.6 Å². The third kappa shape index (κ3) is 5.44. The topological polar surface area (TPSA) is 12.4 Å². The van der Waals surface area contributed by atoms with Gasteiger partial charge in [0.15, 0.2) is 0 Å². The summed E-state index contributed by atoms with van der Waals surface area (Å²) < 4.78 is 0. The van der Waals surface area contributed by atoms with Crippen LogP contribution in [-0.2, 0) is 0 Å². The number of hydrogen-bond acceptors (Lipinski definition) is 2. The van der Waals surface area contributed by atoms with Gasteiger partial charge >= 0.3 is 0 Å². The molecule has 0 amide bonds. The van der Waals surface area contributed by atoms with Gasteiger partial charge < -0.3 is 0 Å². The van der Waals surface area contributed by atoms with Crippen LogP contribution in [0.5, 0.6) is 0 Å². The first kappa shape index (κ1) is 18.2. The van der Waals surface area contributed by atoms with Gasteiger partial charge in [-0.3, -0.25) is 0 Å². The standard InChI is InChI=1S/C24H21NS/c1-19-2-4-20(5-3-19)6-7-21-8-10-22(11-9-21)12-13-23-14-16-24(17-15-23)25-18-26/h8-11,14-17,19-20H,2-5H2,1H3. The molecule has 0 heterocycles. The number of nitrogens with zero attached hydrogens (tertiary/aromatic N) is 1. The van der Waals surface area contributed by atoms with Gasteiger partial charge in [-0.05, 0) is 92.4 Å². The van der Waals surface area contributed by atoms with Crippen molar-refractivity contribution < 1.29 is 0 Å². The summed E-state index contributed by atoms with van der Waals surface area (Å²) >= 11 is 4.60. The molecule has 0 radical (unpaired) electrons. The summed E-state index contributed by atoms with van der Waals surface area (Å²) in [5.74, 6) is 14.6. The Kier molecular flexibility index (Phi) is 6.40. The van der Waals surface area contributed by atoms with Crippen LogP contribution in [0.2, 0.25) is 0 Å². The molecule has 1 aliphatic rings. The molecule has 0 atom stereocenters. The summed E-state index contributed by atoms with van der Waals surface area (Å²) in [5, 5.41) is 2.36. The maximum atomic E-state index is 4.60. The summed E-state index contributed by atoms with van der Waals surface area (Å²) in [5.41, 5.74) is 3.80. The molecule has 0 spiro atoms. The highest BCUT2D eigenvalue weighted by molar-refractivity contribution is 7.78. The molecule has 2 aromatic rings. The van der Waals surface area contributed by atoms with E-state index in [2.05, 4.69) is 65.1 Å². The van der Waals surface area contributed by atoms with Gasteiger partial charge in [0.2, 0.25) is 0 Å². The van der Waals surface area contributed by atoms with E-state index in [1.165, 1.54) is 25.7 Å². The largest absolute Gasteiger partial charge is 0.195 e. The molecule has 26 heavy (non-hydrogen) atoms. The van der Waals surface area contributed by atoms with Crippen LogP contribution in [0.3, 0.4) is 0 Å². The van der Waals surface area contributed by atoms with Crippen molar-refractivity contribution in [3.05, 3.63) is 65.2 Å². The molecule has 0 bridgehead atoms. The van der Waals surface area contributed by atoms with Crippen LogP contribution in [0.25, 0.3) is 0 Å². The average Bonchev–Trinajstić information content (AvgIpc) is 2.68. The second-order valence-corrected chi connectivity index (χ2v) is 6.99. The number of thiocarbonyl (C=S) groups is 1. The number of benzene rings is 2. The van der Waals surface area contributed by atoms with Crippen LogP contribution in [0.15, 0.2) is 53.5 Å². The summed E-state index contributed by atoms with van der Waals surface area (Å²) in [7, 11) is 0. The van der Waals surface area contributed by atoms with Crippen LogP contribution >= 0.6 is 12.2 Å². The van der Waals surface area contributed by atoms with E-state index in [0.29, 0.717) is 5.92 Å². The van der Waals surface area contributed by atoms with Crippen LogP contribution in [0.1, 0.15) is 49.3 Å². The highest BCUT2D eigenvalue weighted by Crippen LogP contribution is 2.27. The molecule has 0 aromatic heterocycles. The van der Waals surface area contributed by atoms with E-state index in [1.54, 1.807) is 0 Å². The highest BCUT2D eigenvalue weighted by atomic mass is 32.1. The Balaban J connectivity index is 1.62. The van der Waals surface area contributed by atoms with Gasteiger partial charge in [0.05, 0.1) is 10.8 Å². The van der Waals surface area contributed by atoms with Crippen LogP contribution in [0.4, 0.5) is 5.69 Å². The lowest BCUT2D eigenvalue weighted by molar-refractivity contribution is 0.337. The van der Waals surface area contributed by atoms with Gasteiger partial charge in [-0.25, -0.2) is 0 Å². The average molecular weight is 356 g/mol. The first-order valence-electron chi connectivity index (χ1n) is 9.04. The van der Waals surface area contributed by atoms with Crippen molar-refractivity contribution in [2.45, 2.75) is 32.6 Å². The van der Waals surface area contributed by atoms with Crippen molar-refractivity contribution in [2.75, 3.05) is 0 Å². The number of rotatable bonds is 1. The Morgan fingerprint density at radius 2 is 1.27 bits per heavy atom. The van der Waals surface area contributed by atoms with Gasteiger partial charge in [-0.2, -0.15) is 4.99 Å². The van der Waals surface area contributed by atoms with E-state index in [0.717, 1.165) is 28.3 Å². The van der Waals surface area contributed by atoms with Crippen molar-refractivity contribution in [1.82, 2.24) is 0 Å². The zero-order valence-corrected chi connectivity index (χ0v) is 15.8. The van der Waals surface area contributed by atoms with E-state index >= 15 is 0 Å². The molecule has 3 rings (SSSR count). The minimum Gasteiger partial charge on any atom is -0.195 e. The van der Waals surface area contributed by atoms with E-state index in [-0.39, 0.29) is 0 Å². The molecule has 2 aromatic carbocycles. The van der Waals surface area contributed by atoms with E-state index in [9.17, 15) is 0 Å². The van der Waals surface area contributed by atoms with Gasteiger partial charge in [0.25, 0.3) is 0 Å². The molecule has 1 aliphatic carbocycles. The molecule has 2 heteroatoms. The number of isothiocyanates is 1. The Morgan fingerprint density at radius 1 is 0.769 bits per heavy atom. The first-order valence-corrected chi connectivity index (χ1v) is 9.45. The van der Waals surface area contributed by atoms with E-state index in [4.69, 9.17) is 0 Å². The van der Waals surface area contributed by atoms with Crippen LogP contribution in [0, 0.1) is 35.5 Å². The van der Waals surface area contributed by atoms with Gasteiger partial charge in [-0.15, -0.1) is 0 Å². The SMILES string of the molecule is CC1CCC(C#Cc2ccc(C#Cc3ccc(N=C=S)cc3)cc2)CC1. The molecule has 0 unspecified atom stereocenters. The molecule has 1 fully saturated rings.